The van der Waals surface area contributed by atoms with Gasteiger partial charge < -0.3 is 5.73 Å². The molecule has 1 atom stereocenters. The Hall–Kier alpha value is -1.19. The molecule has 1 aromatic carbocycles. The first kappa shape index (κ1) is 13.8. The van der Waals surface area contributed by atoms with Gasteiger partial charge >= 0.3 is 0 Å². The highest BCUT2D eigenvalue weighted by molar-refractivity contribution is 7.09. The molecule has 1 fully saturated rings. The molecule has 1 aliphatic carbocycles. The van der Waals surface area contributed by atoms with Gasteiger partial charge in [0.25, 0.3) is 0 Å². The van der Waals surface area contributed by atoms with Crippen molar-refractivity contribution in [1.82, 2.24) is 4.98 Å². The van der Waals surface area contributed by atoms with Crippen molar-refractivity contribution in [3.63, 3.8) is 0 Å². The molecule has 0 radical (unpaired) electrons. The zero-order chi connectivity index (χ0) is 14.0. The summed E-state index contributed by atoms with van der Waals surface area (Å²) in [5.41, 5.74) is 9.37. The normalized spacial score (nSPS) is 19.1. The van der Waals surface area contributed by atoms with Gasteiger partial charge in [-0.1, -0.05) is 43.2 Å². The largest absolute Gasteiger partial charge is 0.327 e. The second kappa shape index (κ2) is 5.66. The fourth-order valence-electron chi connectivity index (χ4n) is 3.57. The molecular formula is C17H22N2S. The van der Waals surface area contributed by atoms with E-state index in [1.807, 2.05) is 0 Å². The van der Waals surface area contributed by atoms with Gasteiger partial charge in [-0.25, -0.2) is 4.98 Å². The summed E-state index contributed by atoms with van der Waals surface area (Å²) in [4.78, 5) is 4.59. The molecule has 106 valence electrons. The number of benzene rings is 1. The lowest BCUT2D eigenvalue weighted by atomic mass is 9.71. The molecule has 3 heteroatoms. The van der Waals surface area contributed by atoms with Crippen molar-refractivity contribution in [2.75, 3.05) is 0 Å². The molecule has 1 saturated carbocycles. The van der Waals surface area contributed by atoms with Crippen molar-refractivity contribution in [2.24, 2.45) is 5.73 Å². The number of nitrogens with two attached hydrogens (primary N) is 1. The number of thiazole rings is 1. The van der Waals surface area contributed by atoms with Gasteiger partial charge in [-0.15, -0.1) is 11.3 Å². The minimum atomic E-state index is 0.152. The molecule has 0 saturated heterocycles. The predicted molar refractivity (Wildman–Crippen MR) is 85.1 cm³/mol. The summed E-state index contributed by atoms with van der Waals surface area (Å²) in [6, 6.07) is 11.0. The zero-order valence-corrected chi connectivity index (χ0v) is 12.8. The van der Waals surface area contributed by atoms with Crippen molar-refractivity contribution in [2.45, 2.75) is 50.5 Å². The average Bonchev–Trinajstić information content (AvgIpc) is 3.10. The van der Waals surface area contributed by atoms with Crippen LogP contribution < -0.4 is 5.73 Å². The third kappa shape index (κ3) is 2.52. The number of aryl methyl sites for hydroxylation is 1. The molecule has 1 aromatic heterocycles. The molecule has 1 heterocycles. The fraction of sp³-hybridized carbons (Fsp3) is 0.471. The van der Waals surface area contributed by atoms with E-state index in [4.69, 9.17) is 5.73 Å². The molecule has 3 rings (SSSR count). The van der Waals surface area contributed by atoms with Gasteiger partial charge in [-0.3, -0.25) is 0 Å². The first-order valence-electron chi connectivity index (χ1n) is 7.43. The van der Waals surface area contributed by atoms with Crippen LogP contribution in [0.5, 0.6) is 0 Å². The van der Waals surface area contributed by atoms with Crippen molar-refractivity contribution >= 4 is 11.3 Å². The van der Waals surface area contributed by atoms with E-state index in [9.17, 15) is 0 Å². The minimum Gasteiger partial charge on any atom is -0.327 e. The molecule has 1 aliphatic rings. The molecule has 2 nitrogen and oxygen atoms in total. The van der Waals surface area contributed by atoms with Crippen LogP contribution in [0.3, 0.4) is 0 Å². The second-order valence-electron chi connectivity index (χ2n) is 5.90. The lowest BCUT2D eigenvalue weighted by Crippen LogP contribution is -2.45. The quantitative estimate of drug-likeness (QED) is 0.927. The maximum atomic E-state index is 6.65. The maximum absolute atomic E-state index is 6.65. The third-order valence-corrected chi connectivity index (χ3v) is 5.47. The highest BCUT2D eigenvalue weighted by atomic mass is 32.1. The summed E-state index contributed by atoms with van der Waals surface area (Å²) < 4.78 is 0. The molecule has 2 aromatic rings. The molecule has 0 amide bonds. The van der Waals surface area contributed by atoms with E-state index in [-0.39, 0.29) is 11.5 Å². The Labute approximate surface area is 125 Å². The maximum Gasteiger partial charge on any atom is 0.0897 e. The molecule has 0 spiro atoms. The van der Waals surface area contributed by atoms with Crippen molar-refractivity contribution < 1.29 is 0 Å². The lowest BCUT2D eigenvalue weighted by molar-refractivity contribution is 0.345. The second-order valence-corrected chi connectivity index (χ2v) is 6.96. The summed E-state index contributed by atoms with van der Waals surface area (Å²) in [6.45, 7) is 2.06. The van der Waals surface area contributed by atoms with Crippen molar-refractivity contribution in [1.29, 1.82) is 0 Å². The Morgan fingerprint density at radius 3 is 2.55 bits per heavy atom. The van der Waals surface area contributed by atoms with Gasteiger partial charge in [0.2, 0.25) is 0 Å². The molecule has 0 aliphatic heterocycles. The summed E-state index contributed by atoms with van der Waals surface area (Å²) in [6.07, 6.45) is 5.89. The van der Waals surface area contributed by atoms with Crippen LogP contribution in [-0.4, -0.2) is 11.0 Å². The number of hydrogen-bond donors (Lipinski definition) is 1. The van der Waals surface area contributed by atoms with Crippen LogP contribution in [0.15, 0.2) is 35.7 Å². The molecule has 2 N–H and O–H groups in total. The highest BCUT2D eigenvalue weighted by Crippen LogP contribution is 2.43. The van der Waals surface area contributed by atoms with Crippen LogP contribution in [0.25, 0.3) is 0 Å². The van der Waals surface area contributed by atoms with E-state index in [1.54, 1.807) is 11.3 Å². The molecule has 1 unspecified atom stereocenters. The smallest absolute Gasteiger partial charge is 0.0897 e. The summed E-state index contributed by atoms with van der Waals surface area (Å²) >= 11 is 1.72. The zero-order valence-electron chi connectivity index (χ0n) is 12.0. The topological polar surface area (TPSA) is 38.9 Å². The van der Waals surface area contributed by atoms with Crippen LogP contribution in [0.4, 0.5) is 0 Å². The van der Waals surface area contributed by atoms with E-state index < -0.39 is 0 Å². The van der Waals surface area contributed by atoms with Gasteiger partial charge in [0, 0.05) is 23.3 Å². The molecule has 20 heavy (non-hydrogen) atoms. The Morgan fingerprint density at radius 2 is 1.95 bits per heavy atom. The van der Waals surface area contributed by atoms with Gasteiger partial charge in [0.15, 0.2) is 0 Å². The molecular weight excluding hydrogens is 264 g/mol. The Kier molecular flexibility index (Phi) is 3.90. The highest BCUT2D eigenvalue weighted by Gasteiger charge is 2.40. The van der Waals surface area contributed by atoms with E-state index in [2.05, 4.69) is 47.6 Å². The SMILES string of the molecule is Cc1nc(CC(N)C2(c3ccccc3)CCCC2)cs1. The van der Waals surface area contributed by atoms with E-state index in [0.717, 1.165) is 17.1 Å². The fourth-order valence-corrected chi connectivity index (χ4v) is 4.20. The Balaban J connectivity index is 1.87. The Bertz CT molecular complexity index is 555. The Morgan fingerprint density at radius 1 is 1.25 bits per heavy atom. The van der Waals surface area contributed by atoms with E-state index in [1.165, 1.54) is 31.2 Å². The minimum absolute atomic E-state index is 0.152. The number of rotatable bonds is 4. The summed E-state index contributed by atoms with van der Waals surface area (Å²) in [7, 11) is 0. The third-order valence-electron chi connectivity index (χ3n) is 4.65. The van der Waals surface area contributed by atoms with Crippen LogP contribution in [-0.2, 0) is 11.8 Å². The van der Waals surface area contributed by atoms with E-state index in [0.29, 0.717) is 0 Å². The van der Waals surface area contributed by atoms with Crippen LogP contribution in [0.2, 0.25) is 0 Å². The van der Waals surface area contributed by atoms with Crippen LogP contribution in [0.1, 0.15) is 41.9 Å². The van der Waals surface area contributed by atoms with Crippen LogP contribution >= 0.6 is 11.3 Å². The monoisotopic (exact) mass is 286 g/mol. The predicted octanol–water partition coefficient (Wildman–Crippen LogP) is 3.83. The lowest BCUT2D eigenvalue weighted by Gasteiger charge is -2.36. The molecule has 0 bridgehead atoms. The summed E-state index contributed by atoms with van der Waals surface area (Å²) in [5.74, 6) is 0. The average molecular weight is 286 g/mol. The first-order chi connectivity index (χ1) is 9.71. The standard InChI is InChI=1S/C17H22N2S/c1-13-19-15(12-20-13)11-16(18)17(9-5-6-10-17)14-7-3-2-4-8-14/h2-4,7-8,12,16H,5-6,9-11,18H2,1H3. The van der Waals surface area contributed by atoms with Gasteiger partial charge in [0.1, 0.15) is 0 Å². The van der Waals surface area contributed by atoms with Crippen molar-refractivity contribution in [3.8, 4) is 0 Å². The number of hydrogen-bond acceptors (Lipinski definition) is 3. The van der Waals surface area contributed by atoms with Gasteiger partial charge in [-0.05, 0) is 25.3 Å². The van der Waals surface area contributed by atoms with E-state index >= 15 is 0 Å². The number of nitrogens with zero attached hydrogens (tertiary/aromatic N) is 1. The van der Waals surface area contributed by atoms with Gasteiger partial charge in [0.05, 0.1) is 10.7 Å². The summed E-state index contributed by atoms with van der Waals surface area (Å²) in [5, 5.41) is 3.29. The number of aromatic nitrogens is 1. The van der Waals surface area contributed by atoms with Crippen molar-refractivity contribution in [3.05, 3.63) is 52.0 Å². The van der Waals surface area contributed by atoms with Crippen LogP contribution in [0, 0.1) is 6.92 Å². The van der Waals surface area contributed by atoms with Gasteiger partial charge in [-0.2, -0.15) is 0 Å². The first-order valence-corrected chi connectivity index (χ1v) is 8.31.